The molecule has 1 amide bonds. The van der Waals surface area contributed by atoms with Crippen molar-refractivity contribution < 1.29 is 31.1 Å². The minimum atomic E-state index is -4.26. The van der Waals surface area contributed by atoms with Gasteiger partial charge in [-0.3, -0.25) is 4.79 Å². The van der Waals surface area contributed by atoms with Gasteiger partial charge < -0.3 is 20.1 Å². The number of hydrogen-bond acceptors (Lipinski definition) is 10. The first kappa shape index (κ1) is 30.3. The summed E-state index contributed by atoms with van der Waals surface area (Å²) in [7, 11) is -7.75. The summed E-state index contributed by atoms with van der Waals surface area (Å²) in [5.41, 5.74) is 1.18. The SMILES string of the molecule is CCOc1cc(NCS(C)(=O)=O)c(C(Nc2ccc(C#N)cc2)C(=O)NS(=O)(=O)c2ccccc2)cc1OCC. The molecule has 3 aromatic carbocycles. The van der Waals surface area contributed by atoms with Gasteiger partial charge in [0.25, 0.3) is 15.9 Å². The minimum Gasteiger partial charge on any atom is -0.490 e. The molecule has 0 saturated carbocycles. The van der Waals surface area contributed by atoms with Crippen molar-refractivity contribution in [3.63, 3.8) is 0 Å². The zero-order valence-corrected chi connectivity index (χ0v) is 23.8. The van der Waals surface area contributed by atoms with Crippen LogP contribution in [0.3, 0.4) is 0 Å². The summed E-state index contributed by atoms with van der Waals surface area (Å²) in [4.78, 5) is 13.6. The van der Waals surface area contributed by atoms with E-state index >= 15 is 0 Å². The highest BCUT2D eigenvalue weighted by molar-refractivity contribution is 7.90. The molecule has 0 radical (unpaired) electrons. The molecule has 3 rings (SSSR count). The van der Waals surface area contributed by atoms with Crippen LogP contribution < -0.4 is 24.8 Å². The van der Waals surface area contributed by atoms with E-state index in [1.54, 1.807) is 32.0 Å². The Kier molecular flexibility index (Phi) is 9.98. The van der Waals surface area contributed by atoms with Crippen molar-refractivity contribution in [2.45, 2.75) is 24.8 Å². The molecule has 40 heavy (non-hydrogen) atoms. The summed E-state index contributed by atoms with van der Waals surface area (Å²) in [5.74, 6) is -0.831. The molecule has 0 saturated heterocycles. The summed E-state index contributed by atoms with van der Waals surface area (Å²) in [6.45, 7) is 4.08. The second-order valence-electron chi connectivity index (χ2n) is 8.55. The van der Waals surface area contributed by atoms with Gasteiger partial charge in [-0.25, -0.2) is 21.6 Å². The molecule has 212 valence electrons. The number of sulfone groups is 1. The number of nitriles is 1. The largest absolute Gasteiger partial charge is 0.490 e. The first-order valence-electron chi connectivity index (χ1n) is 12.2. The quantitative estimate of drug-likeness (QED) is 0.270. The lowest BCUT2D eigenvalue weighted by atomic mass is 10.0. The highest BCUT2D eigenvalue weighted by Crippen LogP contribution is 2.38. The average molecular weight is 587 g/mol. The first-order chi connectivity index (χ1) is 19.0. The lowest BCUT2D eigenvalue weighted by Gasteiger charge is -2.25. The van der Waals surface area contributed by atoms with E-state index in [2.05, 4.69) is 15.4 Å². The Labute approximate surface area is 234 Å². The molecule has 0 fully saturated rings. The van der Waals surface area contributed by atoms with Crippen molar-refractivity contribution in [2.75, 3.05) is 36.0 Å². The van der Waals surface area contributed by atoms with Crippen LogP contribution in [0.5, 0.6) is 11.5 Å². The number of hydrogen-bond donors (Lipinski definition) is 3. The number of ether oxygens (including phenoxy) is 2. The molecule has 13 heteroatoms. The van der Waals surface area contributed by atoms with Gasteiger partial charge in [0.1, 0.15) is 11.9 Å². The Bertz CT molecular complexity index is 1590. The van der Waals surface area contributed by atoms with E-state index in [1.807, 2.05) is 6.07 Å². The standard InChI is InChI=1S/C27H30N4O7S2/c1-4-37-24-15-22(23(16-25(24)38-5-2)29-18-39(3,33)34)26(30-20-13-11-19(17-28)12-14-20)27(32)31-40(35,36)21-9-7-6-8-10-21/h6-16,26,29-30H,4-5,18H2,1-3H3,(H,31,32). The third-order valence-corrected chi connectivity index (χ3v) is 7.46. The fourth-order valence-electron chi connectivity index (χ4n) is 3.66. The lowest BCUT2D eigenvalue weighted by molar-refractivity contribution is -0.120. The van der Waals surface area contributed by atoms with E-state index in [9.17, 15) is 21.6 Å². The number of nitrogens with zero attached hydrogens (tertiary/aromatic N) is 1. The first-order valence-corrected chi connectivity index (χ1v) is 15.7. The zero-order valence-electron chi connectivity index (χ0n) is 22.2. The molecule has 0 aliphatic heterocycles. The van der Waals surface area contributed by atoms with Crippen molar-refractivity contribution >= 4 is 37.1 Å². The fourth-order valence-corrected chi connectivity index (χ4v) is 5.09. The summed E-state index contributed by atoms with van der Waals surface area (Å²) < 4.78 is 63.5. The third-order valence-electron chi connectivity index (χ3n) is 5.43. The van der Waals surface area contributed by atoms with Gasteiger partial charge in [-0.1, -0.05) is 18.2 Å². The van der Waals surface area contributed by atoms with Gasteiger partial charge in [0.15, 0.2) is 21.3 Å². The third kappa shape index (κ3) is 8.11. The normalized spacial score (nSPS) is 12.1. The molecule has 0 spiro atoms. The summed E-state index contributed by atoms with van der Waals surface area (Å²) in [6.07, 6.45) is 1.04. The van der Waals surface area contributed by atoms with Gasteiger partial charge in [0.05, 0.1) is 29.7 Å². The Morgan fingerprint density at radius 1 is 0.925 bits per heavy atom. The molecule has 11 nitrogen and oxygen atoms in total. The van der Waals surface area contributed by atoms with Gasteiger partial charge in [0.2, 0.25) is 0 Å². The van der Waals surface area contributed by atoms with Gasteiger partial charge >= 0.3 is 0 Å². The molecule has 1 atom stereocenters. The highest BCUT2D eigenvalue weighted by atomic mass is 32.2. The van der Waals surface area contributed by atoms with Crippen LogP contribution >= 0.6 is 0 Å². The summed E-state index contributed by atoms with van der Waals surface area (Å²) in [6, 6.07) is 17.2. The van der Waals surface area contributed by atoms with Crippen molar-refractivity contribution in [2.24, 2.45) is 0 Å². The average Bonchev–Trinajstić information content (AvgIpc) is 2.92. The lowest BCUT2D eigenvalue weighted by Crippen LogP contribution is -2.38. The van der Waals surface area contributed by atoms with Gasteiger partial charge in [0, 0.05) is 29.3 Å². The molecule has 3 aromatic rings. The van der Waals surface area contributed by atoms with Crippen LogP contribution in [0.15, 0.2) is 71.6 Å². The Morgan fingerprint density at radius 3 is 2.08 bits per heavy atom. The summed E-state index contributed by atoms with van der Waals surface area (Å²) >= 11 is 0. The zero-order chi connectivity index (χ0) is 29.3. The Morgan fingerprint density at radius 2 is 1.52 bits per heavy atom. The number of amides is 1. The maximum absolute atomic E-state index is 13.7. The van der Waals surface area contributed by atoms with Crippen LogP contribution in [0.1, 0.15) is 31.0 Å². The smallest absolute Gasteiger partial charge is 0.264 e. The number of carbonyl (C=O) groups excluding carboxylic acids is 1. The molecule has 1 unspecified atom stereocenters. The summed E-state index contributed by atoms with van der Waals surface area (Å²) in [5, 5.41) is 15.0. The van der Waals surface area contributed by atoms with Gasteiger partial charge in [-0.2, -0.15) is 5.26 Å². The highest BCUT2D eigenvalue weighted by Gasteiger charge is 2.30. The van der Waals surface area contributed by atoms with Crippen LogP contribution in [-0.4, -0.2) is 48.1 Å². The van der Waals surface area contributed by atoms with Crippen LogP contribution in [0, 0.1) is 11.3 Å². The van der Waals surface area contributed by atoms with Crippen LogP contribution in [0.4, 0.5) is 11.4 Å². The van der Waals surface area contributed by atoms with E-state index in [-0.39, 0.29) is 35.1 Å². The second-order valence-corrected chi connectivity index (χ2v) is 12.4. The van der Waals surface area contributed by atoms with Crippen LogP contribution in [-0.2, 0) is 24.7 Å². The molecule has 0 aliphatic rings. The Balaban J connectivity index is 2.16. The minimum absolute atomic E-state index is 0.113. The van der Waals surface area contributed by atoms with E-state index in [4.69, 9.17) is 14.7 Å². The molecule has 0 heterocycles. The molecule has 3 N–H and O–H groups in total. The Hall–Kier alpha value is -4.28. The predicted octanol–water partition coefficient (Wildman–Crippen LogP) is 3.43. The molecular weight excluding hydrogens is 556 g/mol. The predicted molar refractivity (Wildman–Crippen MR) is 151 cm³/mol. The van der Waals surface area contributed by atoms with Gasteiger partial charge in [-0.15, -0.1) is 0 Å². The number of anilines is 2. The van der Waals surface area contributed by atoms with E-state index < -0.39 is 37.7 Å². The van der Waals surface area contributed by atoms with Crippen molar-refractivity contribution in [3.8, 4) is 17.6 Å². The number of sulfonamides is 1. The van der Waals surface area contributed by atoms with Crippen LogP contribution in [0.2, 0.25) is 0 Å². The molecule has 0 aromatic heterocycles. The maximum Gasteiger partial charge on any atom is 0.264 e. The van der Waals surface area contributed by atoms with Gasteiger partial charge in [-0.05, 0) is 56.3 Å². The number of benzene rings is 3. The molecular formula is C27H30N4O7S2. The molecule has 0 aliphatic carbocycles. The van der Waals surface area contributed by atoms with E-state index in [0.29, 0.717) is 17.0 Å². The van der Waals surface area contributed by atoms with E-state index in [1.165, 1.54) is 48.5 Å². The number of nitrogens with one attached hydrogen (secondary N) is 3. The van der Waals surface area contributed by atoms with Crippen molar-refractivity contribution in [1.82, 2.24) is 4.72 Å². The topological polar surface area (TPSA) is 164 Å². The fraction of sp³-hybridized carbons (Fsp3) is 0.259. The monoisotopic (exact) mass is 586 g/mol. The second kappa shape index (κ2) is 13.2. The number of rotatable bonds is 13. The van der Waals surface area contributed by atoms with E-state index in [0.717, 1.165) is 6.26 Å². The van der Waals surface area contributed by atoms with Crippen molar-refractivity contribution in [1.29, 1.82) is 5.26 Å². The maximum atomic E-state index is 13.7. The number of carbonyl (C=O) groups is 1. The van der Waals surface area contributed by atoms with Crippen LogP contribution in [0.25, 0.3) is 0 Å². The molecule has 0 bridgehead atoms. The van der Waals surface area contributed by atoms with Crippen molar-refractivity contribution in [3.05, 3.63) is 77.9 Å².